The second-order valence-electron chi connectivity index (χ2n) is 9.05. The van der Waals surface area contributed by atoms with E-state index in [0.29, 0.717) is 18.8 Å². The van der Waals surface area contributed by atoms with Gasteiger partial charge in [-0.3, -0.25) is 4.79 Å². The van der Waals surface area contributed by atoms with Gasteiger partial charge in [-0.05, 0) is 51.9 Å². The summed E-state index contributed by atoms with van der Waals surface area (Å²) < 4.78 is 15.6. The predicted octanol–water partition coefficient (Wildman–Crippen LogP) is 2.44. The number of aromatic nitrogens is 1. The molecule has 3 amide bonds. The fourth-order valence-electron chi connectivity index (χ4n) is 3.95. The van der Waals surface area contributed by atoms with E-state index in [9.17, 15) is 14.4 Å². The van der Waals surface area contributed by atoms with E-state index in [0.717, 1.165) is 25.7 Å². The van der Waals surface area contributed by atoms with Gasteiger partial charge >= 0.3 is 12.2 Å². The first-order chi connectivity index (χ1) is 14.1. The molecular formula is C20H30N4O6. The highest BCUT2D eigenvalue weighted by atomic mass is 16.6. The Morgan fingerprint density at radius 1 is 1.27 bits per heavy atom. The molecule has 2 fully saturated rings. The molecular weight excluding hydrogens is 392 g/mol. The van der Waals surface area contributed by atoms with Crippen LogP contribution in [-0.2, 0) is 16.1 Å². The van der Waals surface area contributed by atoms with Gasteiger partial charge in [-0.15, -0.1) is 0 Å². The van der Waals surface area contributed by atoms with Crippen LogP contribution in [0.3, 0.4) is 0 Å². The molecule has 10 heteroatoms. The van der Waals surface area contributed by atoms with E-state index in [1.807, 2.05) is 20.8 Å². The molecule has 1 saturated heterocycles. The molecule has 0 atom stereocenters. The Bertz CT molecular complexity index is 783. The van der Waals surface area contributed by atoms with Gasteiger partial charge in [-0.2, -0.15) is 0 Å². The molecule has 30 heavy (non-hydrogen) atoms. The molecule has 1 aromatic rings. The number of amides is 3. The Kier molecular flexibility index (Phi) is 6.23. The summed E-state index contributed by atoms with van der Waals surface area (Å²) in [5.41, 5.74) is -0.187. The molecule has 0 aromatic carbocycles. The minimum absolute atomic E-state index is 0.0572. The largest absolute Gasteiger partial charge is 0.444 e. The fourth-order valence-corrected chi connectivity index (χ4v) is 3.95. The highest BCUT2D eigenvalue weighted by molar-refractivity contribution is 5.91. The third kappa shape index (κ3) is 5.43. The Morgan fingerprint density at radius 2 is 1.93 bits per heavy atom. The molecule has 10 nitrogen and oxygen atoms in total. The van der Waals surface area contributed by atoms with Gasteiger partial charge in [-0.25, -0.2) is 9.59 Å². The van der Waals surface area contributed by atoms with Crippen molar-refractivity contribution in [2.75, 3.05) is 20.1 Å². The monoisotopic (exact) mass is 422 g/mol. The van der Waals surface area contributed by atoms with Crippen molar-refractivity contribution in [3.8, 4) is 0 Å². The van der Waals surface area contributed by atoms with Crippen molar-refractivity contribution in [2.45, 2.75) is 64.7 Å². The first-order valence-corrected chi connectivity index (χ1v) is 10.2. The van der Waals surface area contributed by atoms with Crippen LogP contribution in [0.25, 0.3) is 0 Å². The summed E-state index contributed by atoms with van der Waals surface area (Å²) in [5, 5.41) is 8.91. The summed E-state index contributed by atoms with van der Waals surface area (Å²) in [6.07, 6.45) is 2.75. The summed E-state index contributed by atoms with van der Waals surface area (Å²) in [5.74, 6) is -0.0738. The van der Waals surface area contributed by atoms with E-state index < -0.39 is 11.7 Å². The van der Waals surface area contributed by atoms with Crippen molar-refractivity contribution in [3.63, 3.8) is 0 Å². The highest BCUT2D eigenvalue weighted by Crippen LogP contribution is 2.49. The summed E-state index contributed by atoms with van der Waals surface area (Å²) in [7, 11) is 1.49. The zero-order chi connectivity index (χ0) is 21.9. The second-order valence-corrected chi connectivity index (χ2v) is 9.05. The number of piperidine rings is 1. The molecule has 1 aromatic heterocycles. The van der Waals surface area contributed by atoms with E-state index in [1.165, 1.54) is 13.1 Å². The van der Waals surface area contributed by atoms with Crippen molar-refractivity contribution in [2.24, 2.45) is 5.41 Å². The first-order valence-electron chi connectivity index (χ1n) is 10.2. The van der Waals surface area contributed by atoms with Crippen LogP contribution in [0.2, 0.25) is 0 Å². The Balaban J connectivity index is 1.36. The lowest BCUT2D eigenvalue weighted by Gasteiger charge is -2.52. The fraction of sp³-hybridized carbons (Fsp3) is 0.700. The van der Waals surface area contributed by atoms with Gasteiger partial charge < -0.3 is 29.5 Å². The molecule has 0 radical (unpaired) electrons. The highest BCUT2D eigenvalue weighted by Gasteiger charge is 2.47. The van der Waals surface area contributed by atoms with Crippen molar-refractivity contribution < 1.29 is 28.4 Å². The van der Waals surface area contributed by atoms with Crippen molar-refractivity contribution in [1.29, 1.82) is 0 Å². The van der Waals surface area contributed by atoms with Crippen molar-refractivity contribution in [1.82, 2.24) is 20.7 Å². The van der Waals surface area contributed by atoms with Gasteiger partial charge in [0.25, 0.3) is 5.91 Å². The second kappa shape index (κ2) is 8.53. The van der Waals surface area contributed by atoms with Crippen LogP contribution in [0.1, 0.15) is 62.7 Å². The summed E-state index contributed by atoms with van der Waals surface area (Å²) in [4.78, 5) is 37.4. The van der Waals surface area contributed by atoms with Crippen LogP contribution < -0.4 is 10.6 Å². The molecule has 2 N–H and O–H groups in total. The minimum Gasteiger partial charge on any atom is -0.444 e. The topological polar surface area (TPSA) is 123 Å². The lowest BCUT2D eigenvalue weighted by Crippen LogP contribution is -2.55. The van der Waals surface area contributed by atoms with Gasteiger partial charge in [0.15, 0.2) is 18.1 Å². The van der Waals surface area contributed by atoms with E-state index in [4.69, 9.17) is 14.0 Å². The normalized spacial score (nSPS) is 18.5. The summed E-state index contributed by atoms with van der Waals surface area (Å²) in [6, 6.07) is 1.49. The van der Waals surface area contributed by atoms with Gasteiger partial charge in [0.1, 0.15) is 5.60 Å². The molecule has 1 spiro atoms. The van der Waals surface area contributed by atoms with Crippen LogP contribution in [0.15, 0.2) is 10.6 Å². The SMILES string of the molecule is CNC(=O)c1cc(COC(=O)NC2CC3(CCN(C(=O)OC(C)(C)C)CC3)C2)on1. The van der Waals surface area contributed by atoms with E-state index >= 15 is 0 Å². The Hall–Kier alpha value is -2.78. The average molecular weight is 422 g/mol. The van der Waals surface area contributed by atoms with E-state index in [2.05, 4.69) is 15.8 Å². The van der Waals surface area contributed by atoms with Crippen LogP contribution >= 0.6 is 0 Å². The van der Waals surface area contributed by atoms with E-state index in [-0.39, 0.29) is 35.8 Å². The lowest BCUT2D eigenvalue weighted by atomic mass is 9.60. The zero-order valence-corrected chi connectivity index (χ0v) is 17.9. The molecule has 1 aliphatic heterocycles. The predicted molar refractivity (Wildman–Crippen MR) is 106 cm³/mol. The number of rotatable bonds is 4. The number of nitrogens with zero attached hydrogens (tertiary/aromatic N) is 2. The number of alkyl carbamates (subject to hydrolysis) is 1. The Morgan fingerprint density at radius 3 is 2.53 bits per heavy atom. The third-order valence-corrected chi connectivity index (χ3v) is 5.52. The van der Waals surface area contributed by atoms with Gasteiger partial charge in [0.2, 0.25) is 0 Å². The van der Waals surface area contributed by atoms with Crippen LogP contribution in [0.5, 0.6) is 0 Å². The maximum Gasteiger partial charge on any atom is 0.410 e. The molecule has 2 aliphatic rings. The average Bonchev–Trinajstić information content (AvgIpc) is 3.13. The number of carbonyl (C=O) groups excluding carboxylic acids is 3. The Labute approximate surface area is 175 Å². The number of ether oxygens (including phenoxy) is 2. The smallest absolute Gasteiger partial charge is 0.410 e. The summed E-state index contributed by atoms with van der Waals surface area (Å²) in [6.45, 7) is 6.83. The first kappa shape index (κ1) is 21.9. The van der Waals surface area contributed by atoms with Crippen LogP contribution in [0, 0.1) is 5.41 Å². The molecule has 0 unspecified atom stereocenters. The van der Waals surface area contributed by atoms with Crippen LogP contribution in [-0.4, -0.2) is 59.9 Å². The van der Waals surface area contributed by atoms with Crippen molar-refractivity contribution >= 4 is 18.1 Å². The van der Waals surface area contributed by atoms with E-state index in [1.54, 1.807) is 4.90 Å². The maximum absolute atomic E-state index is 12.2. The molecule has 166 valence electrons. The number of hydrogen-bond acceptors (Lipinski definition) is 7. The van der Waals surface area contributed by atoms with Gasteiger partial charge in [-0.1, -0.05) is 5.16 Å². The zero-order valence-electron chi connectivity index (χ0n) is 17.9. The molecule has 1 aliphatic carbocycles. The maximum atomic E-state index is 12.2. The van der Waals surface area contributed by atoms with Crippen LogP contribution in [0.4, 0.5) is 9.59 Å². The number of carbonyl (C=O) groups is 3. The number of nitrogens with one attached hydrogen (secondary N) is 2. The molecule has 0 bridgehead atoms. The summed E-state index contributed by atoms with van der Waals surface area (Å²) >= 11 is 0. The molecule has 2 heterocycles. The quantitative estimate of drug-likeness (QED) is 0.764. The van der Waals surface area contributed by atoms with Gasteiger partial charge in [0.05, 0.1) is 0 Å². The standard InChI is InChI=1S/C20H30N4O6/c1-19(2,3)29-18(27)24-7-5-20(6-8-24)10-13(11-20)22-17(26)28-12-14-9-15(23-30-14)16(25)21-4/h9,13H,5-8,10-12H2,1-4H3,(H,21,25)(H,22,26). The minimum atomic E-state index is -0.529. The molecule has 1 saturated carbocycles. The van der Waals surface area contributed by atoms with Crippen molar-refractivity contribution in [3.05, 3.63) is 17.5 Å². The lowest BCUT2D eigenvalue weighted by molar-refractivity contribution is -0.0161. The number of hydrogen-bond donors (Lipinski definition) is 2. The third-order valence-electron chi connectivity index (χ3n) is 5.52. The van der Waals surface area contributed by atoms with Gasteiger partial charge in [0, 0.05) is 32.2 Å². The number of likely N-dealkylation sites (tertiary alicyclic amines) is 1. The molecule has 3 rings (SSSR count).